The zero-order valence-electron chi connectivity index (χ0n) is 20.9. The minimum atomic E-state index is -0.580. The number of phenolic OH excluding ortho intramolecular Hbond substituents is 1. The van der Waals surface area contributed by atoms with Crippen molar-refractivity contribution in [3.05, 3.63) is 104 Å². The predicted molar refractivity (Wildman–Crippen MR) is 144 cm³/mol. The minimum Gasteiger partial charge on any atom is -0.504 e. The van der Waals surface area contributed by atoms with Gasteiger partial charge in [0.1, 0.15) is 0 Å². The summed E-state index contributed by atoms with van der Waals surface area (Å²) in [4.78, 5) is 26.9. The molecule has 5 aromatic rings. The molecule has 0 unspecified atom stereocenters. The van der Waals surface area contributed by atoms with E-state index in [9.17, 15) is 14.7 Å². The summed E-state index contributed by atoms with van der Waals surface area (Å²) in [5.74, 6) is 0.331. The molecule has 8 heteroatoms. The first kappa shape index (κ1) is 22.7. The maximum Gasteiger partial charge on any atom is 0.331 e. The van der Waals surface area contributed by atoms with Crippen molar-refractivity contribution in [1.29, 1.82) is 0 Å². The summed E-state index contributed by atoms with van der Waals surface area (Å²) in [6.07, 6.45) is 0. The molecule has 37 heavy (non-hydrogen) atoms. The summed E-state index contributed by atoms with van der Waals surface area (Å²) in [5, 5.41) is 15.2. The largest absolute Gasteiger partial charge is 0.504 e. The molecule has 0 fully saturated rings. The van der Waals surface area contributed by atoms with Crippen LogP contribution in [0, 0.1) is 6.92 Å². The normalized spacial score (nSPS) is 14.2. The van der Waals surface area contributed by atoms with Gasteiger partial charge in [0.25, 0.3) is 5.56 Å². The second-order valence-electron chi connectivity index (χ2n) is 9.36. The quantitative estimate of drug-likeness (QED) is 0.392. The van der Waals surface area contributed by atoms with Gasteiger partial charge < -0.3 is 19.7 Å². The summed E-state index contributed by atoms with van der Waals surface area (Å²) in [7, 11) is 4.68. The zero-order chi connectivity index (χ0) is 26.0. The molecule has 3 aromatic carbocycles. The highest BCUT2D eigenvalue weighted by atomic mass is 16.5. The van der Waals surface area contributed by atoms with E-state index in [4.69, 9.17) is 4.74 Å². The number of benzene rings is 3. The van der Waals surface area contributed by atoms with E-state index in [0.29, 0.717) is 33.6 Å². The van der Waals surface area contributed by atoms with Gasteiger partial charge in [-0.2, -0.15) is 0 Å². The van der Waals surface area contributed by atoms with Crippen LogP contribution >= 0.6 is 0 Å². The van der Waals surface area contributed by atoms with Crippen LogP contribution in [-0.4, -0.2) is 25.9 Å². The van der Waals surface area contributed by atoms with Gasteiger partial charge in [-0.3, -0.25) is 13.9 Å². The Kier molecular flexibility index (Phi) is 5.01. The number of aryl methyl sites for hydroxylation is 2. The van der Waals surface area contributed by atoms with E-state index in [2.05, 4.69) is 9.88 Å². The molecule has 0 aliphatic carbocycles. The standard InChI is InChI=1S/C29H26N4O4/c1-16-9-7-10-17(15-16)24-22-25(31(2)29(36)32(3)28(22)35)26-23(18-11-8-14-21(37-4)27(18)34)30-19-12-5-6-13-20(19)33(24)26/h5-15,23,30,34H,1-4H3/t23-/m1/s1. The van der Waals surface area contributed by atoms with Crippen molar-refractivity contribution in [3.8, 4) is 28.4 Å². The molecule has 1 atom stereocenters. The molecule has 0 spiro atoms. The molecule has 1 aliphatic rings. The lowest BCUT2D eigenvalue weighted by Gasteiger charge is -2.31. The van der Waals surface area contributed by atoms with Gasteiger partial charge in [-0.15, -0.1) is 0 Å². The molecule has 186 valence electrons. The van der Waals surface area contributed by atoms with Crippen LogP contribution in [0.2, 0.25) is 0 Å². The summed E-state index contributed by atoms with van der Waals surface area (Å²) in [6.45, 7) is 2.01. The van der Waals surface area contributed by atoms with Gasteiger partial charge in [-0.25, -0.2) is 4.79 Å². The molecule has 0 saturated heterocycles. The van der Waals surface area contributed by atoms with Crippen LogP contribution < -0.4 is 21.3 Å². The molecular formula is C29H26N4O4. The van der Waals surface area contributed by atoms with Crippen molar-refractivity contribution in [2.24, 2.45) is 14.1 Å². The maximum absolute atomic E-state index is 13.8. The lowest BCUT2D eigenvalue weighted by molar-refractivity contribution is 0.370. The molecule has 0 bridgehead atoms. The number of methoxy groups -OCH3 is 1. The van der Waals surface area contributed by atoms with Crippen molar-refractivity contribution >= 4 is 16.6 Å². The van der Waals surface area contributed by atoms with E-state index < -0.39 is 11.7 Å². The number of para-hydroxylation sites is 3. The summed E-state index contributed by atoms with van der Waals surface area (Å²) in [5.41, 5.74) is 5.26. The lowest BCUT2D eigenvalue weighted by atomic mass is 9.98. The van der Waals surface area contributed by atoms with Crippen molar-refractivity contribution in [1.82, 2.24) is 13.7 Å². The fourth-order valence-electron chi connectivity index (χ4n) is 5.45. The van der Waals surface area contributed by atoms with Crippen molar-refractivity contribution in [2.75, 3.05) is 12.4 Å². The first-order valence-corrected chi connectivity index (χ1v) is 12.0. The highest BCUT2D eigenvalue weighted by Crippen LogP contribution is 2.48. The average Bonchev–Trinajstić information content (AvgIpc) is 3.27. The van der Waals surface area contributed by atoms with E-state index in [1.807, 2.05) is 67.6 Å². The van der Waals surface area contributed by atoms with Gasteiger partial charge in [0.15, 0.2) is 11.5 Å². The Morgan fingerprint density at radius 2 is 1.70 bits per heavy atom. The van der Waals surface area contributed by atoms with Crippen LogP contribution in [-0.2, 0) is 14.1 Å². The third-order valence-corrected chi connectivity index (χ3v) is 7.18. The number of aromatic hydroxyl groups is 1. The number of ether oxygens (including phenoxy) is 1. The van der Waals surface area contributed by atoms with Gasteiger partial charge in [-0.1, -0.05) is 48.0 Å². The Hall–Kier alpha value is -4.72. The van der Waals surface area contributed by atoms with Crippen LogP contribution in [0.3, 0.4) is 0 Å². The number of phenols is 1. The van der Waals surface area contributed by atoms with Crippen LogP contribution in [0.15, 0.2) is 76.3 Å². The number of fused-ring (bicyclic) bond motifs is 5. The highest BCUT2D eigenvalue weighted by molar-refractivity contribution is 5.99. The SMILES string of the molecule is COc1cccc([C@H]2Nc3ccccc3-n3c(-c4cccc(C)c4)c4c(=O)n(C)c(=O)n(C)c4c32)c1O. The lowest BCUT2D eigenvalue weighted by Crippen LogP contribution is -2.37. The van der Waals surface area contributed by atoms with Crippen LogP contribution in [0.25, 0.3) is 27.8 Å². The number of nitrogens with zero attached hydrogens (tertiary/aromatic N) is 3. The Morgan fingerprint density at radius 3 is 2.46 bits per heavy atom. The van der Waals surface area contributed by atoms with Gasteiger partial charge in [-0.05, 0) is 36.8 Å². The van der Waals surface area contributed by atoms with E-state index in [1.54, 1.807) is 13.1 Å². The second-order valence-corrected chi connectivity index (χ2v) is 9.36. The topological polar surface area (TPSA) is 90.4 Å². The van der Waals surface area contributed by atoms with Crippen LogP contribution in [0.4, 0.5) is 5.69 Å². The molecule has 3 heterocycles. The fourth-order valence-corrected chi connectivity index (χ4v) is 5.45. The molecule has 0 radical (unpaired) electrons. The number of aromatic nitrogens is 3. The summed E-state index contributed by atoms with van der Waals surface area (Å²) >= 11 is 0. The van der Waals surface area contributed by atoms with Crippen molar-refractivity contribution in [2.45, 2.75) is 13.0 Å². The Morgan fingerprint density at radius 1 is 0.946 bits per heavy atom. The molecule has 1 aliphatic heterocycles. The predicted octanol–water partition coefficient (Wildman–Crippen LogP) is 4.23. The van der Waals surface area contributed by atoms with Gasteiger partial charge >= 0.3 is 5.69 Å². The Balaban J connectivity index is 1.87. The number of hydrogen-bond acceptors (Lipinski definition) is 5. The maximum atomic E-state index is 13.8. The van der Waals surface area contributed by atoms with Crippen molar-refractivity contribution in [3.63, 3.8) is 0 Å². The average molecular weight is 495 g/mol. The molecule has 0 saturated carbocycles. The Bertz CT molecular complexity index is 1840. The molecule has 0 amide bonds. The summed E-state index contributed by atoms with van der Waals surface area (Å²) < 4.78 is 10.1. The summed E-state index contributed by atoms with van der Waals surface area (Å²) in [6, 6.07) is 20.5. The molecule has 6 rings (SSSR count). The van der Waals surface area contributed by atoms with E-state index in [-0.39, 0.29) is 11.3 Å². The van der Waals surface area contributed by atoms with Gasteiger partial charge in [0.05, 0.1) is 46.8 Å². The number of nitrogens with one attached hydrogen (secondary N) is 1. The van der Waals surface area contributed by atoms with E-state index in [0.717, 1.165) is 27.1 Å². The number of rotatable bonds is 3. The highest BCUT2D eigenvalue weighted by Gasteiger charge is 2.36. The van der Waals surface area contributed by atoms with E-state index >= 15 is 0 Å². The monoisotopic (exact) mass is 494 g/mol. The number of hydrogen-bond donors (Lipinski definition) is 2. The third-order valence-electron chi connectivity index (χ3n) is 7.18. The molecule has 2 N–H and O–H groups in total. The fraction of sp³-hybridized carbons (Fsp3) is 0.172. The van der Waals surface area contributed by atoms with Crippen molar-refractivity contribution < 1.29 is 9.84 Å². The van der Waals surface area contributed by atoms with Gasteiger partial charge in [0, 0.05) is 19.7 Å². The molecule has 8 nitrogen and oxygen atoms in total. The molecule has 2 aromatic heterocycles. The van der Waals surface area contributed by atoms with E-state index in [1.165, 1.54) is 18.7 Å². The molecular weight excluding hydrogens is 468 g/mol. The third kappa shape index (κ3) is 3.15. The number of anilines is 1. The van der Waals surface area contributed by atoms with Gasteiger partial charge in [0.2, 0.25) is 0 Å². The first-order valence-electron chi connectivity index (χ1n) is 12.0. The Labute approximate surface area is 212 Å². The van der Waals surface area contributed by atoms with Crippen LogP contribution in [0.5, 0.6) is 11.5 Å². The zero-order valence-corrected chi connectivity index (χ0v) is 20.9. The van der Waals surface area contributed by atoms with Crippen LogP contribution in [0.1, 0.15) is 22.9 Å². The second kappa shape index (κ2) is 8.16. The smallest absolute Gasteiger partial charge is 0.331 e. The first-order chi connectivity index (χ1) is 17.8. The minimum absolute atomic E-state index is 0.00581.